The zero-order chi connectivity index (χ0) is 16.1. The van der Waals surface area contributed by atoms with E-state index in [9.17, 15) is 13.2 Å². The average Bonchev–Trinajstić information content (AvgIpc) is 2.36. The van der Waals surface area contributed by atoms with Crippen LogP contribution in [0.25, 0.3) is 0 Å². The van der Waals surface area contributed by atoms with Gasteiger partial charge in [-0.25, -0.2) is 13.1 Å². The van der Waals surface area contributed by atoms with E-state index in [2.05, 4.69) is 30.8 Å². The Balaban J connectivity index is 2.56. The number of hydrogen-bond acceptors (Lipinski definition) is 3. The Morgan fingerprint density at radius 1 is 1.14 bits per heavy atom. The van der Waals surface area contributed by atoms with Crippen LogP contribution >= 0.6 is 0 Å². The molecular formula is C15H24N2O3S. The van der Waals surface area contributed by atoms with Crippen LogP contribution in [0.5, 0.6) is 0 Å². The summed E-state index contributed by atoms with van der Waals surface area (Å²) >= 11 is 0. The number of rotatable bonds is 6. The average molecular weight is 312 g/mol. The van der Waals surface area contributed by atoms with Crippen molar-refractivity contribution in [3.8, 4) is 0 Å². The van der Waals surface area contributed by atoms with Crippen molar-refractivity contribution in [1.82, 2.24) is 4.72 Å². The lowest BCUT2D eigenvalue weighted by Gasteiger charge is -2.19. The topological polar surface area (TPSA) is 75.3 Å². The molecule has 0 bridgehead atoms. The van der Waals surface area contributed by atoms with Gasteiger partial charge in [0.2, 0.25) is 15.9 Å². The first-order valence-corrected chi connectivity index (χ1v) is 8.67. The van der Waals surface area contributed by atoms with E-state index in [1.807, 2.05) is 24.3 Å². The molecule has 1 amide bonds. The third kappa shape index (κ3) is 6.27. The summed E-state index contributed by atoms with van der Waals surface area (Å²) in [6.07, 6.45) is 0.519. The molecular weight excluding hydrogens is 288 g/mol. The SMILES string of the molecule is CCCS(=O)(=O)NCC(=O)Nc1ccc(C(C)(C)C)cc1. The van der Waals surface area contributed by atoms with Gasteiger partial charge in [-0.1, -0.05) is 39.8 Å². The lowest BCUT2D eigenvalue weighted by molar-refractivity contribution is -0.115. The van der Waals surface area contributed by atoms with Gasteiger partial charge in [0.1, 0.15) is 0 Å². The van der Waals surface area contributed by atoms with Gasteiger partial charge in [0.05, 0.1) is 12.3 Å². The number of amides is 1. The van der Waals surface area contributed by atoms with E-state index in [1.54, 1.807) is 6.92 Å². The van der Waals surface area contributed by atoms with E-state index in [0.717, 1.165) is 0 Å². The summed E-state index contributed by atoms with van der Waals surface area (Å²) < 4.78 is 25.2. The fraction of sp³-hybridized carbons (Fsp3) is 0.533. The maximum absolute atomic E-state index is 11.7. The second-order valence-corrected chi connectivity index (χ2v) is 7.94. The summed E-state index contributed by atoms with van der Waals surface area (Å²) in [5.41, 5.74) is 1.88. The highest BCUT2D eigenvalue weighted by Crippen LogP contribution is 2.23. The van der Waals surface area contributed by atoms with Gasteiger partial charge in [-0.05, 0) is 29.5 Å². The summed E-state index contributed by atoms with van der Waals surface area (Å²) in [5, 5.41) is 2.67. The molecule has 0 spiro atoms. The minimum Gasteiger partial charge on any atom is -0.325 e. The van der Waals surface area contributed by atoms with E-state index < -0.39 is 10.0 Å². The summed E-state index contributed by atoms with van der Waals surface area (Å²) in [5.74, 6) is -0.348. The summed E-state index contributed by atoms with van der Waals surface area (Å²) in [7, 11) is -3.36. The van der Waals surface area contributed by atoms with Gasteiger partial charge >= 0.3 is 0 Å². The van der Waals surface area contributed by atoms with Gasteiger partial charge in [-0.3, -0.25) is 4.79 Å². The molecule has 0 radical (unpaired) electrons. The first kappa shape index (κ1) is 17.7. The van der Waals surface area contributed by atoms with E-state index in [4.69, 9.17) is 0 Å². The molecule has 0 atom stereocenters. The molecule has 0 saturated carbocycles. The number of carbonyl (C=O) groups is 1. The normalized spacial score (nSPS) is 12.2. The highest BCUT2D eigenvalue weighted by molar-refractivity contribution is 7.89. The Kier molecular flexibility index (Phi) is 5.92. The minimum absolute atomic E-state index is 0.0283. The summed E-state index contributed by atoms with van der Waals surface area (Å²) in [4.78, 5) is 11.7. The van der Waals surface area contributed by atoms with E-state index in [-0.39, 0.29) is 23.6 Å². The summed E-state index contributed by atoms with van der Waals surface area (Å²) in [6, 6.07) is 7.55. The molecule has 0 aliphatic carbocycles. The largest absolute Gasteiger partial charge is 0.325 e. The van der Waals surface area contributed by atoms with E-state index in [1.165, 1.54) is 5.56 Å². The molecule has 21 heavy (non-hydrogen) atoms. The fourth-order valence-electron chi connectivity index (χ4n) is 1.78. The Bertz CT molecular complexity index is 572. The molecule has 0 aromatic heterocycles. The maximum atomic E-state index is 11.7. The van der Waals surface area contributed by atoms with Crippen molar-refractivity contribution in [2.24, 2.45) is 0 Å². The first-order valence-electron chi connectivity index (χ1n) is 7.02. The third-order valence-electron chi connectivity index (χ3n) is 2.96. The number of hydrogen-bond donors (Lipinski definition) is 2. The Hall–Kier alpha value is -1.40. The van der Waals surface area contributed by atoms with Crippen LogP contribution in [0.4, 0.5) is 5.69 Å². The molecule has 0 unspecified atom stereocenters. The van der Waals surface area contributed by atoms with Crippen molar-refractivity contribution in [2.45, 2.75) is 39.5 Å². The molecule has 5 nitrogen and oxygen atoms in total. The smallest absolute Gasteiger partial charge is 0.239 e. The first-order chi connectivity index (χ1) is 9.64. The highest BCUT2D eigenvalue weighted by Gasteiger charge is 2.14. The number of anilines is 1. The highest BCUT2D eigenvalue weighted by atomic mass is 32.2. The predicted octanol–water partition coefficient (Wildman–Crippen LogP) is 2.25. The number of carbonyl (C=O) groups excluding carboxylic acids is 1. The molecule has 6 heteroatoms. The third-order valence-corrected chi connectivity index (χ3v) is 4.49. The molecule has 0 heterocycles. The Morgan fingerprint density at radius 2 is 1.71 bits per heavy atom. The second-order valence-electron chi connectivity index (χ2n) is 6.02. The van der Waals surface area contributed by atoms with Crippen molar-refractivity contribution < 1.29 is 13.2 Å². The molecule has 1 aromatic carbocycles. The van der Waals surface area contributed by atoms with Crippen LogP contribution in [0, 0.1) is 0 Å². The number of nitrogens with one attached hydrogen (secondary N) is 2. The lowest BCUT2D eigenvalue weighted by Crippen LogP contribution is -2.34. The number of benzene rings is 1. The monoisotopic (exact) mass is 312 g/mol. The molecule has 1 rings (SSSR count). The van der Waals surface area contributed by atoms with Gasteiger partial charge in [0, 0.05) is 5.69 Å². The molecule has 118 valence electrons. The van der Waals surface area contributed by atoms with Gasteiger partial charge in [-0.15, -0.1) is 0 Å². The minimum atomic E-state index is -3.36. The lowest BCUT2D eigenvalue weighted by atomic mass is 9.87. The quantitative estimate of drug-likeness (QED) is 0.846. The molecule has 0 aliphatic heterocycles. The van der Waals surface area contributed by atoms with Crippen molar-refractivity contribution >= 4 is 21.6 Å². The van der Waals surface area contributed by atoms with Gasteiger partial charge in [-0.2, -0.15) is 0 Å². The van der Waals surface area contributed by atoms with Crippen LogP contribution in [0.1, 0.15) is 39.7 Å². The van der Waals surface area contributed by atoms with Crippen molar-refractivity contribution in [3.63, 3.8) is 0 Å². The summed E-state index contributed by atoms with van der Waals surface area (Å²) in [6.45, 7) is 7.87. The molecule has 1 aromatic rings. The van der Waals surface area contributed by atoms with Crippen molar-refractivity contribution in [2.75, 3.05) is 17.6 Å². The van der Waals surface area contributed by atoms with Crippen LogP contribution in [-0.2, 0) is 20.2 Å². The standard InChI is InChI=1S/C15H24N2O3S/c1-5-10-21(19,20)16-11-14(18)17-13-8-6-12(7-9-13)15(2,3)4/h6-9,16H,5,10-11H2,1-4H3,(H,17,18). The Morgan fingerprint density at radius 3 is 2.19 bits per heavy atom. The van der Waals surface area contributed by atoms with Gasteiger partial charge < -0.3 is 5.32 Å². The van der Waals surface area contributed by atoms with E-state index >= 15 is 0 Å². The van der Waals surface area contributed by atoms with Gasteiger partial charge in [0.25, 0.3) is 0 Å². The van der Waals surface area contributed by atoms with Crippen LogP contribution in [0.15, 0.2) is 24.3 Å². The molecule has 0 fully saturated rings. The van der Waals surface area contributed by atoms with Crippen LogP contribution in [-0.4, -0.2) is 26.6 Å². The predicted molar refractivity (Wildman–Crippen MR) is 85.9 cm³/mol. The molecule has 2 N–H and O–H groups in total. The van der Waals surface area contributed by atoms with E-state index in [0.29, 0.717) is 12.1 Å². The van der Waals surface area contributed by atoms with Crippen LogP contribution in [0.3, 0.4) is 0 Å². The molecule has 0 saturated heterocycles. The molecule has 0 aliphatic rings. The zero-order valence-electron chi connectivity index (χ0n) is 13.1. The Labute approximate surface area is 127 Å². The fourth-order valence-corrected chi connectivity index (χ4v) is 2.81. The van der Waals surface area contributed by atoms with Crippen LogP contribution < -0.4 is 10.0 Å². The second kappa shape index (κ2) is 7.04. The van der Waals surface area contributed by atoms with Crippen molar-refractivity contribution in [1.29, 1.82) is 0 Å². The number of sulfonamides is 1. The van der Waals surface area contributed by atoms with Crippen LogP contribution in [0.2, 0.25) is 0 Å². The zero-order valence-corrected chi connectivity index (χ0v) is 13.9. The van der Waals surface area contributed by atoms with Gasteiger partial charge in [0.15, 0.2) is 0 Å². The maximum Gasteiger partial charge on any atom is 0.239 e. The van der Waals surface area contributed by atoms with Crippen molar-refractivity contribution in [3.05, 3.63) is 29.8 Å².